The molecule has 1 aliphatic heterocycles. The zero-order valence-corrected chi connectivity index (χ0v) is 20.3. The highest BCUT2D eigenvalue weighted by molar-refractivity contribution is 5.98. The number of nitrogens with zero attached hydrogens (tertiary/aromatic N) is 4. The third-order valence-electron chi connectivity index (χ3n) is 7.95. The van der Waals surface area contributed by atoms with Gasteiger partial charge < -0.3 is 25.8 Å². The number of nitrogens with two attached hydrogens (primary N) is 1. The molecule has 3 atom stereocenters. The lowest BCUT2D eigenvalue weighted by molar-refractivity contribution is -0.385. The van der Waals surface area contributed by atoms with Crippen molar-refractivity contribution in [3.05, 3.63) is 82.4 Å². The lowest BCUT2D eigenvalue weighted by Crippen LogP contribution is -2.53. The van der Waals surface area contributed by atoms with E-state index in [0.717, 1.165) is 35.2 Å². The van der Waals surface area contributed by atoms with E-state index in [1.807, 2.05) is 12.1 Å². The highest BCUT2D eigenvalue weighted by atomic mass is 19.3. The van der Waals surface area contributed by atoms with Crippen molar-refractivity contribution in [2.75, 3.05) is 0 Å². The Balaban J connectivity index is 1.44. The van der Waals surface area contributed by atoms with Crippen molar-refractivity contribution in [3.8, 4) is 16.9 Å². The van der Waals surface area contributed by atoms with Gasteiger partial charge in [0.05, 0.1) is 22.9 Å². The van der Waals surface area contributed by atoms with E-state index in [0.29, 0.717) is 21.7 Å². The highest BCUT2D eigenvalue weighted by Crippen LogP contribution is 2.54. The minimum absolute atomic E-state index is 0.0719. The van der Waals surface area contributed by atoms with Crippen molar-refractivity contribution in [2.24, 2.45) is 5.73 Å². The van der Waals surface area contributed by atoms with Gasteiger partial charge in [-0.3, -0.25) is 14.7 Å². The number of fused-ring (bicyclic) bond motifs is 10. The maximum absolute atomic E-state index is 13.4. The zero-order valence-electron chi connectivity index (χ0n) is 20.3. The molecule has 1 amide bonds. The Hall–Kier alpha value is -3.97. The van der Waals surface area contributed by atoms with E-state index in [1.54, 1.807) is 16.9 Å². The van der Waals surface area contributed by atoms with E-state index in [1.165, 1.54) is 18.2 Å². The van der Waals surface area contributed by atoms with Crippen LogP contribution in [0.2, 0.25) is 0 Å². The van der Waals surface area contributed by atoms with Crippen molar-refractivity contribution in [2.45, 2.75) is 50.0 Å². The van der Waals surface area contributed by atoms with E-state index in [4.69, 9.17) is 10.5 Å². The van der Waals surface area contributed by atoms with E-state index >= 15 is 0 Å². The SMILES string of the molecule is NC1CCc2cc(-c3ccn4nc5c(c4c3)C3CC5N(C(O)(O)O)C(=O)c4cccc(OC(F)F)c43)cnc21. The molecule has 4 heterocycles. The minimum Gasteiger partial charge on any atom is -0.434 e. The summed E-state index contributed by atoms with van der Waals surface area (Å²) in [6.45, 7) is -3.15. The first kappa shape index (κ1) is 24.1. The fourth-order valence-electron chi connectivity index (χ4n) is 6.37. The molecule has 3 aromatic heterocycles. The largest absolute Gasteiger partial charge is 0.434 e. The molecule has 200 valence electrons. The van der Waals surface area contributed by atoms with E-state index in [2.05, 4.69) is 16.1 Å². The number of aromatic nitrogens is 3. The van der Waals surface area contributed by atoms with Crippen LogP contribution in [0.4, 0.5) is 8.78 Å². The molecule has 0 radical (unpaired) electrons. The van der Waals surface area contributed by atoms with E-state index < -0.39 is 30.6 Å². The molecule has 2 aliphatic carbocycles. The Bertz CT molecular complexity index is 1670. The van der Waals surface area contributed by atoms with Gasteiger partial charge in [-0.25, -0.2) is 4.52 Å². The number of benzene rings is 1. The fraction of sp³-hybridized carbons (Fsp3) is 0.296. The van der Waals surface area contributed by atoms with Crippen LogP contribution in [0.3, 0.4) is 0 Å². The van der Waals surface area contributed by atoms with Gasteiger partial charge in [-0.15, -0.1) is 0 Å². The van der Waals surface area contributed by atoms with Gasteiger partial charge in [0.1, 0.15) is 5.75 Å². The fourth-order valence-corrected chi connectivity index (χ4v) is 6.37. The summed E-state index contributed by atoms with van der Waals surface area (Å²) in [7, 11) is 0. The number of pyridine rings is 2. The normalized spacial score (nSPS) is 21.8. The Morgan fingerprint density at radius 3 is 2.69 bits per heavy atom. The Labute approximate surface area is 219 Å². The molecule has 0 spiro atoms. The molecule has 12 heteroatoms. The predicted molar refractivity (Wildman–Crippen MR) is 132 cm³/mol. The van der Waals surface area contributed by atoms with Crippen LogP contribution in [0.15, 0.2) is 48.8 Å². The molecule has 5 N–H and O–H groups in total. The van der Waals surface area contributed by atoms with E-state index in [-0.39, 0.29) is 29.3 Å². The van der Waals surface area contributed by atoms with Crippen molar-refractivity contribution in [1.29, 1.82) is 0 Å². The van der Waals surface area contributed by atoms with Crippen LogP contribution in [0.25, 0.3) is 16.6 Å². The average molecular weight is 536 g/mol. The number of aryl methyl sites for hydroxylation is 1. The first-order valence-electron chi connectivity index (χ1n) is 12.5. The number of rotatable bonds is 4. The summed E-state index contributed by atoms with van der Waals surface area (Å²) in [6, 6.07) is 8.77. The van der Waals surface area contributed by atoms with Gasteiger partial charge in [0.25, 0.3) is 5.91 Å². The van der Waals surface area contributed by atoms with Crippen LogP contribution >= 0.6 is 0 Å². The standard InChI is InChI=1S/C27H23F2N5O5/c28-26(29)39-20-3-1-2-15-21(20)16-10-19(34(25(15)35)27(36,37)38)24-22(16)18-9-12(6-7-33(18)32-24)14-8-13-4-5-17(30)23(13)31-11-14/h1-3,6-9,11,16-17,19,26,36-38H,4-5,10,30H2. The van der Waals surface area contributed by atoms with Crippen LogP contribution < -0.4 is 10.5 Å². The molecule has 0 fully saturated rings. The van der Waals surface area contributed by atoms with Gasteiger partial charge >= 0.3 is 12.7 Å². The van der Waals surface area contributed by atoms with Crippen molar-refractivity contribution in [1.82, 2.24) is 19.5 Å². The summed E-state index contributed by atoms with van der Waals surface area (Å²) in [5.41, 5.74) is 11.5. The summed E-state index contributed by atoms with van der Waals surface area (Å²) in [5.74, 6) is -1.81. The lowest BCUT2D eigenvalue weighted by atomic mass is 9.88. The first-order chi connectivity index (χ1) is 18.6. The average Bonchev–Trinajstić information content (AvgIpc) is 3.52. The molecule has 4 aromatic rings. The van der Waals surface area contributed by atoms with Crippen molar-refractivity contribution in [3.63, 3.8) is 0 Å². The van der Waals surface area contributed by atoms with Crippen LogP contribution in [0.1, 0.15) is 69.3 Å². The van der Waals surface area contributed by atoms with E-state index in [9.17, 15) is 28.9 Å². The molecule has 7 rings (SSSR count). The second-order valence-electron chi connectivity index (χ2n) is 10.1. The second-order valence-corrected chi connectivity index (χ2v) is 10.1. The number of ether oxygens (including phenoxy) is 1. The molecule has 3 unspecified atom stereocenters. The van der Waals surface area contributed by atoms with Gasteiger partial charge in [0.15, 0.2) is 0 Å². The van der Waals surface area contributed by atoms with Gasteiger partial charge in [-0.05, 0) is 60.7 Å². The van der Waals surface area contributed by atoms with Gasteiger partial charge in [-0.2, -0.15) is 13.9 Å². The topological polar surface area (TPSA) is 146 Å². The smallest absolute Gasteiger partial charge is 0.387 e. The number of hydrogen-bond donors (Lipinski definition) is 4. The summed E-state index contributed by atoms with van der Waals surface area (Å²) in [5, 5.41) is 35.2. The summed E-state index contributed by atoms with van der Waals surface area (Å²) in [4.78, 5) is 18.5. The molecular weight excluding hydrogens is 512 g/mol. The Kier molecular flexibility index (Phi) is 5.11. The number of carbonyl (C=O) groups is 1. The van der Waals surface area contributed by atoms with Gasteiger partial charge in [-0.1, -0.05) is 6.07 Å². The number of carbonyl (C=O) groups excluding carboxylic acids is 1. The molecule has 3 aliphatic rings. The summed E-state index contributed by atoms with van der Waals surface area (Å²) < 4.78 is 33.1. The van der Waals surface area contributed by atoms with Gasteiger partial charge in [0, 0.05) is 46.6 Å². The quantitative estimate of drug-likeness (QED) is 0.292. The second kappa shape index (κ2) is 8.26. The van der Waals surface area contributed by atoms with Crippen molar-refractivity contribution < 1.29 is 33.6 Å². The van der Waals surface area contributed by atoms with Crippen LogP contribution in [-0.4, -0.2) is 53.4 Å². The van der Waals surface area contributed by atoms with Crippen LogP contribution in [0.5, 0.6) is 5.75 Å². The summed E-state index contributed by atoms with van der Waals surface area (Å²) in [6.07, 6.45) is 1.72. The molecule has 10 nitrogen and oxygen atoms in total. The number of halogens is 2. The third kappa shape index (κ3) is 3.56. The number of aliphatic hydroxyl groups is 3. The number of amides is 1. The third-order valence-corrected chi connectivity index (χ3v) is 7.95. The monoisotopic (exact) mass is 535 g/mol. The lowest BCUT2D eigenvalue weighted by Gasteiger charge is -2.34. The number of alkyl halides is 2. The molecule has 0 saturated heterocycles. The molecule has 0 saturated carbocycles. The predicted octanol–water partition coefficient (Wildman–Crippen LogP) is 2.56. The van der Waals surface area contributed by atoms with Crippen LogP contribution in [-0.2, 0) is 6.42 Å². The molecular formula is C27H23F2N5O5. The zero-order chi connectivity index (χ0) is 27.2. The van der Waals surface area contributed by atoms with Crippen molar-refractivity contribution >= 4 is 11.4 Å². The Morgan fingerprint density at radius 2 is 1.92 bits per heavy atom. The maximum atomic E-state index is 13.4. The maximum Gasteiger partial charge on any atom is 0.387 e. The molecule has 2 bridgehead atoms. The molecule has 1 aromatic carbocycles. The first-order valence-corrected chi connectivity index (χ1v) is 12.5. The highest BCUT2D eigenvalue weighted by Gasteiger charge is 2.52. The summed E-state index contributed by atoms with van der Waals surface area (Å²) >= 11 is 0. The van der Waals surface area contributed by atoms with Gasteiger partial charge in [0.2, 0.25) is 0 Å². The van der Waals surface area contributed by atoms with Crippen LogP contribution in [0, 0.1) is 0 Å². The molecule has 39 heavy (non-hydrogen) atoms. The Morgan fingerprint density at radius 1 is 1.10 bits per heavy atom. The minimum atomic E-state index is -3.52. The number of hydrogen-bond acceptors (Lipinski definition) is 8.